The van der Waals surface area contributed by atoms with Crippen molar-refractivity contribution in [3.05, 3.63) is 35.2 Å². The summed E-state index contributed by atoms with van der Waals surface area (Å²) in [5, 5.41) is 8.49. The first-order valence-corrected chi connectivity index (χ1v) is 2.78. The van der Waals surface area contributed by atoms with E-state index in [2.05, 4.69) is 18.8 Å². The fourth-order valence-corrected chi connectivity index (χ4v) is 0.593. The fourth-order valence-electron chi connectivity index (χ4n) is 0.593. The van der Waals surface area contributed by atoms with Crippen LogP contribution in [-0.4, -0.2) is 14.3 Å². The minimum atomic E-state index is 0. The Morgan fingerprint density at radius 2 is 2.27 bits per heavy atom. The Morgan fingerprint density at radius 3 is 2.64 bits per heavy atom. The molecule has 0 aromatic heterocycles. The number of nitrogens with zero attached hydrogens (tertiary/aromatic N) is 1. The molecule has 0 N–H and O–H groups in total. The molecule has 0 bridgehead atoms. The van der Waals surface area contributed by atoms with Crippen molar-refractivity contribution in [2.75, 3.05) is 0 Å². The zero-order valence-corrected chi connectivity index (χ0v) is 8.79. The molecule has 2 nitrogen and oxygen atoms in total. The van der Waals surface area contributed by atoms with Crippen LogP contribution in [0.4, 0.5) is 0 Å². The molecule has 0 heterocycles. The normalized spacial score (nSPS) is 8.00. The molecule has 0 saturated carbocycles. The third kappa shape index (κ3) is 3.17. The molecule has 0 unspecified atom stereocenters. The van der Waals surface area contributed by atoms with Crippen LogP contribution in [0, 0.1) is 6.07 Å². The van der Waals surface area contributed by atoms with Crippen LogP contribution in [0.3, 0.4) is 0 Å². The predicted octanol–water partition coefficient (Wildman–Crippen LogP) is 0.667. The van der Waals surface area contributed by atoms with E-state index in [9.17, 15) is 0 Å². The van der Waals surface area contributed by atoms with Gasteiger partial charge in [-0.3, -0.25) is 6.21 Å². The number of rotatable bonds is 2. The molecule has 0 amide bonds. The molecular weight excluding hydrogens is 214 g/mol. The molecular formula is C7H5BNOY-2. The molecule has 0 aliphatic heterocycles. The van der Waals surface area contributed by atoms with E-state index >= 15 is 0 Å². The summed E-state index contributed by atoms with van der Waals surface area (Å²) in [6.45, 7) is 0. The summed E-state index contributed by atoms with van der Waals surface area (Å²) in [7, 11) is 3.22. The SMILES string of the molecule is [BH]Oc1c[c-]c(C=[N-])cc1.[Y]. The molecule has 0 spiro atoms. The number of hydrogen-bond acceptors (Lipinski definition) is 1. The Kier molecular flexibility index (Phi) is 5.43. The topological polar surface area (TPSA) is 31.5 Å². The van der Waals surface area contributed by atoms with Crippen molar-refractivity contribution < 1.29 is 37.4 Å². The molecule has 1 rings (SSSR count). The maximum Gasteiger partial charge on any atom is 0.334 e. The Labute approximate surface area is 92.2 Å². The Bertz CT molecular complexity index is 224. The number of hydrogen-bond donors (Lipinski definition) is 0. The minimum absolute atomic E-state index is 0. The summed E-state index contributed by atoms with van der Waals surface area (Å²) in [5.74, 6) is 0.630. The van der Waals surface area contributed by atoms with Crippen molar-refractivity contribution in [3.63, 3.8) is 0 Å². The average Bonchev–Trinajstić information content (AvgIpc) is 2.05. The Hall–Kier alpha value is -0.141. The van der Waals surface area contributed by atoms with Gasteiger partial charge in [-0.25, -0.2) is 0 Å². The van der Waals surface area contributed by atoms with Gasteiger partial charge in [0.25, 0.3) is 0 Å². The maximum atomic E-state index is 8.49. The Balaban J connectivity index is 0.000001000. The van der Waals surface area contributed by atoms with Crippen molar-refractivity contribution in [2.45, 2.75) is 0 Å². The monoisotopic (exact) mass is 219 g/mol. The van der Waals surface area contributed by atoms with Gasteiger partial charge < -0.3 is 10.1 Å². The first kappa shape index (κ1) is 10.9. The van der Waals surface area contributed by atoms with Gasteiger partial charge in [-0.1, -0.05) is 0 Å². The van der Waals surface area contributed by atoms with Crippen LogP contribution in [0.2, 0.25) is 0 Å². The molecule has 0 aliphatic rings. The molecule has 11 heavy (non-hydrogen) atoms. The summed E-state index contributed by atoms with van der Waals surface area (Å²) in [5.41, 5.74) is 0.626. The van der Waals surface area contributed by atoms with Crippen LogP contribution in [-0.2, 0) is 32.7 Å². The molecule has 0 fully saturated rings. The van der Waals surface area contributed by atoms with Crippen LogP contribution in [0.25, 0.3) is 5.41 Å². The summed E-state index contributed by atoms with van der Waals surface area (Å²) in [6, 6.07) is 7.75. The predicted molar refractivity (Wildman–Crippen MR) is 41.6 cm³/mol. The van der Waals surface area contributed by atoms with Gasteiger partial charge in [-0.05, 0) is 0 Å². The largest absolute Gasteiger partial charge is 0.862 e. The molecule has 1 aromatic carbocycles. The van der Waals surface area contributed by atoms with Gasteiger partial charge in [0.15, 0.2) is 0 Å². The van der Waals surface area contributed by atoms with Crippen LogP contribution in [0.5, 0.6) is 5.75 Å². The van der Waals surface area contributed by atoms with Gasteiger partial charge in [0.05, 0.1) is 0 Å². The molecule has 0 aliphatic carbocycles. The third-order valence-electron chi connectivity index (χ3n) is 1.11. The van der Waals surface area contributed by atoms with E-state index in [1.165, 1.54) is 0 Å². The summed E-state index contributed by atoms with van der Waals surface area (Å²) < 4.78 is 4.64. The summed E-state index contributed by atoms with van der Waals surface area (Å²) >= 11 is 0. The van der Waals surface area contributed by atoms with E-state index in [0.717, 1.165) is 6.21 Å². The third-order valence-corrected chi connectivity index (χ3v) is 1.11. The smallest absolute Gasteiger partial charge is 0.334 e. The van der Waals surface area contributed by atoms with Crippen LogP contribution in [0.1, 0.15) is 5.56 Å². The van der Waals surface area contributed by atoms with E-state index in [4.69, 9.17) is 5.41 Å². The van der Waals surface area contributed by atoms with Crippen molar-refractivity contribution in [1.82, 2.24) is 0 Å². The summed E-state index contributed by atoms with van der Waals surface area (Å²) in [4.78, 5) is 0. The zero-order valence-electron chi connectivity index (χ0n) is 5.95. The van der Waals surface area contributed by atoms with Gasteiger partial charge in [-0.15, -0.1) is 24.3 Å². The molecule has 0 atom stereocenters. The van der Waals surface area contributed by atoms with E-state index < -0.39 is 0 Å². The maximum absolute atomic E-state index is 8.49. The molecule has 52 valence electrons. The standard InChI is InChI=1S/C7H5BNO.Y/c8-10-7-3-1-6(5-9)2-4-7;/h1,3-5,8H;/q-2;. The van der Waals surface area contributed by atoms with E-state index in [1.807, 2.05) is 0 Å². The second-order valence-corrected chi connectivity index (χ2v) is 1.75. The van der Waals surface area contributed by atoms with Crippen LogP contribution in [0.15, 0.2) is 18.2 Å². The molecule has 0 saturated heterocycles. The van der Waals surface area contributed by atoms with Crippen molar-refractivity contribution in [2.24, 2.45) is 0 Å². The summed E-state index contributed by atoms with van der Waals surface area (Å²) in [6.07, 6.45) is 0.979. The zero-order chi connectivity index (χ0) is 7.40. The quantitative estimate of drug-likeness (QED) is 0.408. The Morgan fingerprint density at radius 1 is 1.55 bits per heavy atom. The molecule has 2 radical (unpaired) electrons. The number of benzene rings is 1. The second kappa shape index (κ2) is 5.50. The fraction of sp³-hybridized carbons (Fsp3) is 0. The van der Waals surface area contributed by atoms with E-state index in [0.29, 0.717) is 11.3 Å². The van der Waals surface area contributed by atoms with Crippen LogP contribution >= 0.6 is 0 Å². The van der Waals surface area contributed by atoms with E-state index in [1.54, 1.807) is 18.2 Å². The van der Waals surface area contributed by atoms with Crippen molar-refractivity contribution >= 4 is 14.3 Å². The van der Waals surface area contributed by atoms with Gasteiger partial charge in [0.2, 0.25) is 0 Å². The first-order chi connectivity index (χ1) is 4.86. The van der Waals surface area contributed by atoms with E-state index in [-0.39, 0.29) is 32.7 Å². The van der Waals surface area contributed by atoms with Crippen LogP contribution < -0.4 is 4.65 Å². The van der Waals surface area contributed by atoms with Crippen molar-refractivity contribution in [3.8, 4) is 5.75 Å². The molecule has 1 aromatic rings. The van der Waals surface area contributed by atoms with Crippen molar-refractivity contribution in [1.29, 1.82) is 0 Å². The first-order valence-electron chi connectivity index (χ1n) is 2.78. The minimum Gasteiger partial charge on any atom is -0.862 e. The van der Waals surface area contributed by atoms with Gasteiger partial charge >= 0.3 is 8.05 Å². The average molecular weight is 219 g/mol. The van der Waals surface area contributed by atoms with Gasteiger partial charge in [-0.2, -0.15) is 5.56 Å². The molecule has 4 heteroatoms. The van der Waals surface area contributed by atoms with Gasteiger partial charge in [0, 0.05) is 38.5 Å². The second-order valence-electron chi connectivity index (χ2n) is 1.75. The van der Waals surface area contributed by atoms with Gasteiger partial charge in [0.1, 0.15) is 0 Å².